The van der Waals surface area contributed by atoms with Gasteiger partial charge in [-0.1, -0.05) is 29.8 Å². The smallest absolute Gasteiger partial charge is 0.166 e. The van der Waals surface area contributed by atoms with Crippen LogP contribution in [0.25, 0.3) is 16.7 Å². The predicted octanol–water partition coefficient (Wildman–Crippen LogP) is 3.89. The van der Waals surface area contributed by atoms with Crippen molar-refractivity contribution in [2.24, 2.45) is 0 Å². The molecule has 0 atom stereocenters. The monoisotopic (exact) mass is 339 g/mol. The van der Waals surface area contributed by atoms with Gasteiger partial charge in [-0.3, -0.25) is 0 Å². The van der Waals surface area contributed by atoms with E-state index in [1.807, 2.05) is 54.2 Å². The van der Waals surface area contributed by atoms with E-state index in [9.17, 15) is 0 Å². The summed E-state index contributed by atoms with van der Waals surface area (Å²) in [5.41, 5.74) is 5.70. The Balaban J connectivity index is 1.78. The quantitative estimate of drug-likeness (QED) is 0.568. The van der Waals surface area contributed by atoms with Crippen molar-refractivity contribution in [2.45, 2.75) is 20.3 Å². The molecule has 5 nitrogen and oxygen atoms in total. The fourth-order valence-electron chi connectivity index (χ4n) is 2.99. The number of hydrogen-bond donors (Lipinski definition) is 0. The molecule has 0 unspecified atom stereocenters. The zero-order chi connectivity index (χ0) is 18.1. The molecular formula is C21H17N5. The van der Waals surface area contributed by atoms with Crippen molar-refractivity contribution >= 4 is 11.0 Å². The Hall–Kier alpha value is -3.52. The van der Waals surface area contributed by atoms with E-state index in [2.05, 4.69) is 40.2 Å². The van der Waals surface area contributed by atoms with Gasteiger partial charge in [-0.25, -0.2) is 14.6 Å². The number of fused-ring (bicyclic) bond motifs is 1. The van der Waals surface area contributed by atoms with Gasteiger partial charge in [-0.2, -0.15) is 10.4 Å². The molecule has 2 aromatic heterocycles. The van der Waals surface area contributed by atoms with E-state index in [4.69, 9.17) is 5.26 Å². The molecule has 26 heavy (non-hydrogen) atoms. The fraction of sp³-hybridized carbons (Fsp3) is 0.143. The molecule has 0 radical (unpaired) electrons. The molecule has 126 valence electrons. The van der Waals surface area contributed by atoms with Crippen LogP contribution in [-0.2, 0) is 6.42 Å². The summed E-state index contributed by atoms with van der Waals surface area (Å²) in [7, 11) is 0. The number of aromatic nitrogens is 4. The van der Waals surface area contributed by atoms with Crippen LogP contribution in [0.3, 0.4) is 0 Å². The van der Waals surface area contributed by atoms with E-state index in [-0.39, 0.29) is 0 Å². The van der Waals surface area contributed by atoms with Crippen LogP contribution in [0.4, 0.5) is 0 Å². The molecule has 0 aliphatic heterocycles. The molecule has 4 rings (SSSR count). The summed E-state index contributed by atoms with van der Waals surface area (Å²) in [6, 6.07) is 17.9. The Morgan fingerprint density at radius 2 is 1.69 bits per heavy atom. The summed E-state index contributed by atoms with van der Waals surface area (Å²) in [6.45, 7) is 3.96. The lowest BCUT2D eigenvalue weighted by Gasteiger charge is -2.07. The summed E-state index contributed by atoms with van der Waals surface area (Å²) in [6.07, 6.45) is 2.50. The molecular weight excluding hydrogens is 322 g/mol. The minimum absolute atomic E-state index is 0.657. The minimum atomic E-state index is 0.657. The van der Waals surface area contributed by atoms with Crippen molar-refractivity contribution in [3.8, 4) is 11.8 Å². The molecule has 2 heterocycles. The molecule has 0 amide bonds. The third kappa shape index (κ3) is 2.93. The highest BCUT2D eigenvalue weighted by molar-refractivity contribution is 5.79. The second kappa shape index (κ2) is 6.41. The molecule has 0 saturated heterocycles. The second-order valence-electron chi connectivity index (χ2n) is 6.33. The summed E-state index contributed by atoms with van der Waals surface area (Å²) < 4.78 is 1.85. The van der Waals surface area contributed by atoms with Crippen molar-refractivity contribution < 1.29 is 0 Å². The molecule has 0 saturated carbocycles. The number of rotatable bonds is 3. The maximum Gasteiger partial charge on any atom is 0.166 e. The lowest BCUT2D eigenvalue weighted by Crippen LogP contribution is -2.02. The summed E-state index contributed by atoms with van der Waals surface area (Å²) in [5.74, 6) is 0.718. The van der Waals surface area contributed by atoms with Crippen LogP contribution < -0.4 is 0 Å². The lowest BCUT2D eigenvalue weighted by molar-refractivity contribution is 0.886. The Morgan fingerprint density at radius 3 is 2.38 bits per heavy atom. The lowest BCUT2D eigenvalue weighted by atomic mass is 10.1. The van der Waals surface area contributed by atoms with Crippen LogP contribution >= 0.6 is 0 Å². The van der Waals surface area contributed by atoms with Gasteiger partial charge in [0.25, 0.3) is 0 Å². The number of aryl methyl sites for hydroxylation is 2. The van der Waals surface area contributed by atoms with Gasteiger partial charge >= 0.3 is 0 Å². The van der Waals surface area contributed by atoms with Crippen LogP contribution in [0, 0.1) is 25.2 Å². The number of nitrogens with zero attached hydrogens (tertiary/aromatic N) is 5. The van der Waals surface area contributed by atoms with Crippen LogP contribution in [0.15, 0.2) is 54.7 Å². The molecule has 0 N–H and O–H groups in total. The number of hydrogen-bond acceptors (Lipinski definition) is 4. The van der Waals surface area contributed by atoms with Crippen molar-refractivity contribution in [1.29, 1.82) is 5.26 Å². The van der Waals surface area contributed by atoms with E-state index < -0.39 is 0 Å². The van der Waals surface area contributed by atoms with Crippen LogP contribution in [0.1, 0.15) is 28.2 Å². The molecule has 0 fully saturated rings. The van der Waals surface area contributed by atoms with Gasteiger partial charge in [0.1, 0.15) is 5.82 Å². The van der Waals surface area contributed by atoms with E-state index in [0.717, 1.165) is 33.8 Å². The van der Waals surface area contributed by atoms with Crippen molar-refractivity contribution in [1.82, 2.24) is 19.7 Å². The first kappa shape index (κ1) is 16.0. The zero-order valence-corrected chi connectivity index (χ0v) is 14.6. The van der Waals surface area contributed by atoms with Crippen molar-refractivity contribution in [3.05, 3.63) is 82.9 Å². The standard InChI is InChI=1S/C21H17N5/c1-14-3-9-18(10-4-14)26-21-19(13-23-26)20(24-15(2)25-21)11-16-5-7-17(12-22)8-6-16/h3-10,13H,11H2,1-2H3. The van der Waals surface area contributed by atoms with E-state index >= 15 is 0 Å². The normalized spacial score (nSPS) is 10.8. The third-order valence-corrected chi connectivity index (χ3v) is 4.35. The maximum absolute atomic E-state index is 8.94. The van der Waals surface area contributed by atoms with Gasteiger partial charge in [-0.15, -0.1) is 0 Å². The summed E-state index contributed by atoms with van der Waals surface area (Å²) in [4.78, 5) is 9.24. The zero-order valence-electron chi connectivity index (χ0n) is 14.6. The first-order chi connectivity index (χ1) is 12.6. The van der Waals surface area contributed by atoms with Crippen molar-refractivity contribution in [3.63, 3.8) is 0 Å². The molecule has 0 aliphatic rings. The van der Waals surface area contributed by atoms with Crippen LogP contribution in [-0.4, -0.2) is 19.7 Å². The van der Waals surface area contributed by atoms with Crippen molar-refractivity contribution in [2.75, 3.05) is 0 Å². The summed E-state index contributed by atoms with van der Waals surface area (Å²) >= 11 is 0. The first-order valence-corrected chi connectivity index (χ1v) is 8.41. The maximum atomic E-state index is 8.94. The van der Waals surface area contributed by atoms with Crippen LogP contribution in [0.5, 0.6) is 0 Å². The number of benzene rings is 2. The van der Waals surface area contributed by atoms with Gasteiger partial charge in [0.2, 0.25) is 0 Å². The molecule has 0 aliphatic carbocycles. The van der Waals surface area contributed by atoms with Gasteiger partial charge in [0.15, 0.2) is 5.65 Å². The topological polar surface area (TPSA) is 67.4 Å². The highest BCUT2D eigenvalue weighted by Crippen LogP contribution is 2.22. The second-order valence-corrected chi connectivity index (χ2v) is 6.33. The van der Waals surface area contributed by atoms with Gasteiger partial charge < -0.3 is 0 Å². The largest absolute Gasteiger partial charge is 0.237 e. The fourth-order valence-corrected chi connectivity index (χ4v) is 2.99. The molecule has 0 spiro atoms. The van der Waals surface area contributed by atoms with Gasteiger partial charge in [0.05, 0.1) is 34.6 Å². The molecule has 2 aromatic carbocycles. The van der Waals surface area contributed by atoms with Gasteiger partial charge in [0, 0.05) is 6.42 Å². The Labute approximate surface area is 151 Å². The van der Waals surface area contributed by atoms with Gasteiger partial charge in [-0.05, 0) is 43.7 Å². The Kier molecular flexibility index (Phi) is 3.94. The average Bonchev–Trinajstić information content (AvgIpc) is 3.07. The summed E-state index contributed by atoms with van der Waals surface area (Å²) in [5, 5.41) is 14.4. The SMILES string of the molecule is Cc1ccc(-n2ncc3c(Cc4ccc(C#N)cc4)nc(C)nc32)cc1. The Morgan fingerprint density at radius 1 is 0.962 bits per heavy atom. The van der Waals surface area contributed by atoms with E-state index in [1.165, 1.54) is 5.56 Å². The minimum Gasteiger partial charge on any atom is -0.237 e. The van der Waals surface area contributed by atoms with Crippen LogP contribution in [0.2, 0.25) is 0 Å². The number of nitriles is 1. The first-order valence-electron chi connectivity index (χ1n) is 8.41. The molecule has 4 aromatic rings. The van der Waals surface area contributed by atoms with E-state index in [1.54, 1.807) is 0 Å². The highest BCUT2D eigenvalue weighted by atomic mass is 15.3. The molecule has 0 bridgehead atoms. The predicted molar refractivity (Wildman–Crippen MR) is 100 cm³/mol. The highest BCUT2D eigenvalue weighted by Gasteiger charge is 2.13. The molecule has 5 heteroatoms. The Bertz CT molecular complexity index is 1120. The average molecular weight is 339 g/mol. The third-order valence-electron chi connectivity index (χ3n) is 4.35. The van der Waals surface area contributed by atoms with E-state index in [0.29, 0.717) is 12.0 Å².